The number of phosphoric acid groups is 1. The van der Waals surface area contributed by atoms with E-state index in [0.717, 1.165) is 83.5 Å². The Morgan fingerprint density at radius 1 is 0.582 bits per heavy atom. The van der Waals surface area contributed by atoms with Crippen molar-refractivity contribution in [1.29, 1.82) is 0 Å². The monoisotopic (exact) mass is 793 g/mol. The molecule has 0 aromatic rings. The fourth-order valence-corrected chi connectivity index (χ4v) is 6.18. The molecule has 55 heavy (non-hydrogen) atoms. The summed E-state index contributed by atoms with van der Waals surface area (Å²) in [5.41, 5.74) is 0. The first kappa shape index (κ1) is 52.9. The smallest absolute Gasteiger partial charge is 0.457 e. The summed E-state index contributed by atoms with van der Waals surface area (Å²) in [7, 11) is 1.65. The molecule has 9 heteroatoms. The topological polar surface area (TPSA) is 91.3 Å². The Kier molecular flexibility index (Phi) is 37.3. The van der Waals surface area contributed by atoms with Crippen molar-refractivity contribution in [2.24, 2.45) is 0 Å². The van der Waals surface area contributed by atoms with E-state index in [0.29, 0.717) is 24.1 Å². The highest BCUT2D eigenvalue weighted by molar-refractivity contribution is 7.47. The van der Waals surface area contributed by atoms with Crippen molar-refractivity contribution in [3.8, 4) is 0 Å². The first-order valence-electron chi connectivity index (χ1n) is 21.7. The Labute approximate surface area is 338 Å². The zero-order valence-electron chi connectivity index (χ0n) is 35.9. The average molecular weight is 793 g/mol. The molecule has 0 aliphatic rings. The van der Waals surface area contributed by atoms with Crippen LogP contribution in [0.25, 0.3) is 0 Å². The van der Waals surface area contributed by atoms with Gasteiger partial charge in [0.05, 0.1) is 34.4 Å². The first-order valence-corrected chi connectivity index (χ1v) is 23.2. The van der Waals surface area contributed by atoms with Gasteiger partial charge in [0.25, 0.3) is 0 Å². The Hall–Kier alpha value is -2.06. The molecule has 0 aromatic heterocycles. The SMILES string of the molecule is CC/C=C\C/C=C\C/C=C\C/C=C\C/C=C\C/C=C\CCCCCCCCC(=O)OC(COCCCCCCCCCC)COP(=O)(O)OCC[N+](C)(C)C. The molecule has 0 rings (SSSR count). The lowest BCUT2D eigenvalue weighted by Gasteiger charge is -2.24. The number of carbonyl (C=O) groups is 1. The number of allylic oxidation sites excluding steroid dienone is 12. The van der Waals surface area contributed by atoms with Crippen LogP contribution in [-0.2, 0) is 27.9 Å². The van der Waals surface area contributed by atoms with Crippen molar-refractivity contribution in [2.75, 3.05) is 54.1 Å². The second-order valence-corrected chi connectivity index (χ2v) is 16.8. The zero-order valence-corrected chi connectivity index (χ0v) is 36.8. The molecular formula is C46H83NO7P+. The maximum atomic E-state index is 12.7. The maximum absolute atomic E-state index is 12.7. The van der Waals surface area contributed by atoms with E-state index in [1.54, 1.807) is 0 Å². The quantitative estimate of drug-likeness (QED) is 0.0218. The molecule has 0 aliphatic carbocycles. The lowest BCUT2D eigenvalue weighted by atomic mass is 10.1. The molecule has 318 valence electrons. The van der Waals surface area contributed by atoms with Gasteiger partial charge < -0.3 is 18.9 Å². The molecule has 0 radical (unpaired) electrons. The van der Waals surface area contributed by atoms with E-state index in [1.807, 2.05) is 21.1 Å². The summed E-state index contributed by atoms with van der Waals surface area (Å²) in [6.07, 6.45) is 49.4. The number of esters is 1. The van der Waals surface area contributed by atoms with Gasteiger partial charge >= 0.3 is 13.8 Å². The second-order valence-electron chi connectivity index (χ2n) is 15.3. The van der Waals surface area contributed by atoms with Crippen molar-refractivity contribution < 1.29 is 37.3 Å². The molecule has 0 saturated heterocycles. The number of quaternary nitrogens is 1. The van der Waals surface area contributed by atoms with Crippen LogP contribution in [0.4, 0.5) is 0 Å². The minimum absolute atomic E-state index is 0.0825. The number of hydrogen-bond acceptors (Lipinski definition) is 6. The summed E-state index contributed by atoms with van der Waals surface area (Å²) < 4.78 is 34.8. The highest BCUT2D eigenvalue weighted by Crippen LogP contribution is 2.43. The average Bonchev–Trinajstić information content (AvgIpc) is 3.13. The van der Waals surface area contributed by atoms with Crippen LogP contribution in [0.2, 0.25) is 0 Å². The molecule has 0 aromatic carbocycles. The van der Waals surface area contributed by atoms with E-state index in [9.17, 15) is 14.3 Å². The van der Waals surface area contributed by atoms with Crippen LogP contribution in [0.3, 0.4) is 0 Å². The molecule has 2 atom stereocenters. The van der Waals surface area contributed by atoms with Gasteiger partial charge in [-0.15, -0.1) is 0 Å². The van der Waals surface area contributed by atoms with Crippen LogP contribution in [0.15, 0.2) is 72.9 Å². The molecule has 2 unspecified atom stereocenters. The van der Waals surface area contributed by atoms with Crippen LogP contribution >= 0.6 is 7.82 Å². The predicted molar refractivity (Wildman–Crippen MR) is 233 cm³/mol. The molecular weight excluding hydrogens is 709 g/mol. The number of ether oxygens (including phenoxy) is 2. The van der Waals surface area contributed by atoms with Crippen molar-refractivity contribution >= 4 is 13.8 Å². The van der Waals surface area contributed by atoms with Gasteiger partial charge in [0.1, 0.15) is 19.3 Å². The van der Waals surface area contributed by atoms with Crippen LogP contribution < -0.4 is 0 Å². The van der Waals surface area contributed by atoms with Gasteiger partial charge in [0, 0.05) is 13.0 Å². The van der Waals surface area contributed by atoms with E-state index in [2.05, 4.69) is 86.8 Å². The zero-order chi connectivity index (χ0) is 40.6. The van der Waals surface area contributed by atoms with E-state index < -0.39 is 13.9 Å². The van der Waals surface area contributed by atoms with Gasteiger partial charge in [0.2, 0.25) is 0 Å². The summed E-state index contributed by atoms with van der Waals surface area (Å²) in [5.74, 6) is -0.333. The predicted octanol–water partition coefficient (Wildman–Crippen LogP) is 12.7. The van der Waals surface area contributed by atoms with Gasteiger partial charge in [-0.25, -0.2) is 4.57 Å². The minimum Gasteiger partial charge on any atom is -0.457 e. The Morgan fingerprint density at radius 2 is 1.05 bits per heavy atom. The maximum Gasteiger partial charge on any atom is 0.472 e. The van der Waals surface area contributed by atoms with Crippen LogP contribution in [-0.4, -0.2) is 75.6 Å². The summed E-state index contributed by atoms with van der Waals surface area (Å²) in [6, 6.07) is 0. The number of hydrogen-bond donors (Lipinski definition) is 1. The Morgan fingerprint density at radius 3 is 1.58 bits per heavy atom. The molecule has 0 heterocycles. The highest BCUT2D eigenvalue weighted by Gasteiger charge is 2.26. The Balaban J connectivity index is 4.16. The van der Waals surface area contributed by atoms with Crippen molar-refractivity contribution in [1.82, 2.24) is 0 Å². The molecule has 0 amide bonds. The van der Waals surface area contributed by atoms with Gasteiger partial charge in [0.15, 0.2) is 0 Å². The van der Waals surface area contributed by atoms with Crippen molar-refractivity contribution in [3.63, 3.8) is 0 Å². The van der Waals surface area contributed by atoms with Crippen LogP contribution in [0.1, 0.15) is 155 Å². The number of unbranched alkanes of at least 4 members (excludes halogenated alkanes) is 13. The summed E-state index contributed by atoms with van der Waals surface area (Å²) >= 11 is 0. The minimum atomic E-state index is -4.27. The molecule has 1 N–H and O–H groups in total. The fraction of sp³-hybridized carbons (Fsp3) is 0.717. The van der Waals surface area contributed by atoms with Crippen LogP contribution in [0.5, 0.6) is 0 Å². The molecule has 0 bridgehead atoms. The lowest BCUT2D eigenvalue weighted by Crippen LogP contribution is -2.37. The van der Waals surface area contributed by atoms with E-state index >= 15 is 0 Å². The molecule has 0 saturated carbocycles. The van der Waals surface area contributed by atoms with E-state index in [1.165, 1.54) is 51.4 Å². The fourth-order valence-electron chi connectivity index (χ4n) is 5.44. The standard InChI is InChI=1S/C46H82NO7P/c1-6-8-10-12-14-16-17-18-19-20-21-22-23-24-25-26-27-28-29-30-31-32-33-35-37-39-46(48)54-45(43-51-41-38-36-34-15-13-11-9-7-2)44-53-55(49,50)52-42-40-47(3,4)5/h8,10,14,16,18-19,21-22,24-25,27-28,45H,6-7,9,11-13,15,17,20,23,26,29-44H2,1-5H3/p+1/b10-8-,16-14-,19-18-,22-21-,25-24-,28-27-. The summed E-state index contributed by atoms with van der Waals surface area (Å²) in [6.45, 7) is 5.45. The van der Waals surface area contributed by atoms with Crippen molar-refractivity contribution in [2.45, 2.75) is 161 Å². The number of rotatable bonds is 39. The molecule has 8 nitrogen and oxygen atoms in total. The molecule has 0 spiro atoms. The number of likely N-dealkylation sites (N-methyl/N-ethyl adjacent to an activating group) is 1. The van der Waals surface area contributed by atoms with Gasteiger partial charge in [-0.3, -0.25) is 13.8 Å². The van der Waals surface area contributed by atoms with Crippen molar-refractivity contribution in [3.05, 3.63) is 72.9 Å². The largest absolute Gasteiger partial charge is 0.472 e. The third-order valence-corrected chi connectivity index (χ3v) is 9.77. The first-order chi connectivity index (χ1) is 26.6. The van der Waals surface area contributed by atoms with Gasteiger partial charge in [-0.2, -0.15) is 0 Å². The number of phosphoric ester groups is 1. The van der Waals surface area contributed by atoms with E-state index in [-0.39, 0.29) is 25.8 Å². The number of nitrogens with zero attached hydrogens (tertiary/aromatic N) is 1. The van der Waals surface area contributed by atoms with E-state index in [4.69, 9.17) is 18.5 Å². The molecule has 0 fully saturated rings. The molecule has 0 aliphatic heterocycles. The summed E-state index contributed by atoms with van der Waals surface area (Å²) in [5, 5.41) is 0. The van der Waals surface area contributed by atoms with Gasteiger partial charge in [-0.1, -0.05) is 157 Å². The Bertz CT molecular complexity index is 1110. The third-order valence-electron chi connectivity index (χ3n) is 8.78. The third kappa shape index (κ3) is 42.9. The number of carbonyl (C=O) groups excluding carboxylic acids is 1. The van der Waals surface area contributed by atoms with Gasteiger partial charge in [-0.05, 0) is 64.2 Å². The summed E-state index contributed by atoms with van der Waals surface area (Å²) in [4.78, 5) is 22.8. The van der Waals surface area contributed by atoms with Crippen LogP contribution in [0, 0.1) is 0 Å². The normalized spacial score (nSPS) is 14.5. The second kappa shape index (κ2) is 38.8. The lowest BCUT2D eigenvalue weighted by molar-refractivity contribution is -0.870. The highest BCUT2D eigenvalue weighted by atomic mass is 31.2.